The molecule has 4 rings (SSSR count). The molecule has 0 bridgehead atoms. The molecule has 0 fully saturated rings. The molecule has 1 aromatic heterocycles. The second-order valence-corrected chi connectivity index (χ2v) is 5.68. The summed E-state index contributed by atoms with van der Waals surface area (Å²) in [5.41, 5.74) is 3.47. The summed E-state index contributed by atoms with van der Waals surface area (Å²) in [6, 6.07) is 18.6. The molecule has 0 aliphatic carbocycles. The molecule has 3 aromatic rings. The zero-order chi connectivity index (χ0) is 15.6. The van der Waals surface area contributed by atoms with Crippen molar-refractivity contribution in [1.29, 1.82) is 0 Å². The van der Waals surface area contributed by atoms with Crippen LogP contribution in [-0.4, -0.2) is 21.2 Å². The van der Waals surface area contributed by atoms with Crippen molar-refractivity contribution in [3.63, 3.8) is 0 Å². The molecule has 1 N–H and O–H groups in total. The Hall–Kier alpha value is -2.95. The summed E-state index contributed by atoms with van der Waals surface area (Å²) < 4.78 is 0. The lowest BCUT2D eigenvalue weighted by atomic mass is 10.1. The van der Waals surface area contributed by atoms with Crippen LogP contribution in [0.5, 0.6) is 0 Å². The Morgan fingerprint density at radius 1 is 1.04 bits per heavy atom. The average molecular weight is 303 g/mol. The third kappa shape index (κ3) is 2.61. The zero-order valence-electron chi connectivity index (χ0n) is 12.8. The van der Waals surface area contributed by atoms with E-state index in [1.807, 2.05) is 36.4 Å². The minimum atomic E-state index is 0.321. The van der Waals surface area contributed by atoms with Crippen LogP contribution in [0, 0.1) is 0 Å². The van der Waals surface area contributed by atoms with Gasteiger partial charge in [0.15, 0.2) is 5.82 Å². The molecule has 2 aromatic carbocycles. The van der Waals surface area contributed by atoms with Gasteiger partial charge in [-0.3, -0.25) is 0 Å². The van der Waals surface area contributed by atoms with Crippen LogP contribution in [0.2, 0.25) is 0 Å². The fourth-order valence-electron chi connectivity index (χ4n) is 3.00. The monoisotopic (exact) mass is 303 g/mol. The molecule has 1 aliphatic heterocycles. The molecule has 1 aliphatic rings. The van der Waals surface area contributed by atoms with E-state index in [0.717, 1.165) is 12.1 Å². The second kappa shape index (κ2) is 5.68. The summed E-state index contributed by atoms with van der Waals surface area (Å²) in [5, 5.41) is 11.6. The maximum Gasteiger partial charge on any atom is 0.252 e. The first-order valence-electron chi connectivity index (χ1n) is 7.70. The predicted octanol–water partition coefficient (Wildman–Crippen LogP) is 3.70. The van der Waals surface area contributed by atoms with E-state index in [9.17, 15) is 0 Å². The first-order chi connectivity index (χ1) is 11.3. The Balaban J connectivity index is 1.67. The number of nitrogens with zero attached hydrogens (tertiary/aromatic N) is 4. The molecule has 1 atom stereocenters. The van der Waals surface area contributed by atoms with Gasteiger partial charge >= 0.3 is 0 Å². The molecule has 0 saturated heterocycles. The number of rotatable bonds is 3. The quantitative estimate of drug-likeness (QED) is 0.799. The third-order valence-corrected chi connectivity index (χ3v) is 4.02. The largest absolute Gasteiger partial charge is 0.339 e. The van der Waals surface area contributed by atoms with Crippen molar-refractivity contribution in [2.75, 3.05) is 10.2 Å². The summed E-state index contributed by atoms with van der Waals surface area (Å²) >= 11 is 0. The fourth-order valence-corrected chi connectivity index (χ4v) is 3.00. The lowest BCUT2D eigenvalue weighted by Gasteiger charge is -2.22. The van der Waals surface area contributed by atoms with E-state index in [4.69, 9.17) is 0 Å². The highest BCUT2D eigenvalue weighted by atomic mass is 15.4. The van der Waals surface area contributed by atoms with Crippen molar-refractivity contribution < 1.29 is 0 Å². The van der Waals surface area contributed by atoms with Gasteiger partial charge < -0.3 is 10.2 Å². The molecule has 114 valence electrons. The van der Waals surface area contributed by atoms with Gasteiger partial charge in [-0.1, -0.05) is 36.4 Å². The third-order valence-electron chi connectivity index (χ3n) is 4.02. The summed E-state index contributed by atoms with van der Waals surface area (Å²) in [4.78, 5) is 6.79. The Morgan fingerprint density at radius 3 is 2.70 bits per heavy atom. The Morgan fingerprint density at radius 2 is 1.83 bits per heavy atom. The molecule has 5 heteroatoms. The van der Waals surface area contributed by atoms with Crippen LogP contribution in [0.25, 0.3) is 0 Å². The number of anilines is 4. The number of hydrogen-bond acceptors (Lipinski definition) is 5. The number of para-hydroxylation sites is 2. The smallest absolute Gasteiger partial charge is 0.252 e. The van der Waals surface area contributed by atoms with Gasteiger partial charge in [0.05, 0.1) is 6.20 Å². The molecule has 0 saturated carbocycles. The minimum absolute atomic E-state index is 0.321. The van der Waals surface area contributed by atoms with Crippen molar-refractivity contribution in [2.24, 2.45) is 0 Å². The Kier molecular flexibility index (Phi) is 3.38. The van der Waals surface area contributed by atoms with Crippen LogP contribution in [-0.2, 0) is 6.42 Å². The molecular formula is C18H17N5. The van der Waals surface area contributed by atoms with E-state index >= 15 is 0 Å². The van der Waals surface area contributed by atoms with E-state index in [1.54, 1.807) is 6.20 Å². The van der Waals surface area contributed by atoms with Gasteiger partial charge in [-0.05, 0) is 37.1 Å². The molecule has 2 heterocycles. The van der Waals surface area contributed by atoms with Crippen LogP contribution in [0.3, 0.4) is 0 Å². The van der Waals surface area contributed by atoms with Gasteiger partial charge in [0.25, 0.3) is 5.95 Å². The van der Waals surface area contributed by atoms with Gasteiger partial charge in [-0.2, -0.15) is 10.1 Å². The number of nitrogens with one attached hydrogen (secondary N) is 1. The van der Waals surface area contributed by atoms with Crippen molar-refractivity contribution in [3.8, 4) is 0 Å². The number of hydrogen-bond donors (Lipinski definition) is 1. The standard InChI is InChI=1S/C18H17N5/c1-13-11-14-7-5-6-10-16(14)23(13)18-21-17(12-19-22-18)20-15-8-3-2-4-9-15/h2-10,12-13H,11H2,1H3,(H,20,21,22). The average Bonchev–Trinajstić information content (AvgIpc) is 2.92. The summed E-state index contributed by atoms with van der Waals surface area (Å²) in [5.74, 6) is 1.32. The zero-order valence-corrected chi connectivity index (χ0v) is 12.8. The van der Waals surface area contributed by atoms with Gasteiger partial charge in [0.1, 0.15) is 0 Å². The normalized spacial score (nSPS) is 16.2. The van der Waals surface area contributed by atoms with Crippen LogP contribution in [0.15, 0.2) is 60.8 Å². The van der Waals surface area contributed by atoms with E-state index in [0.29, 0.717) is 17.8 Å². The molecule has 0 radical (unpaired) electrons. The van der Waals surface area contributed by atoms with Gasteiger partial charge in [0, 0.05) is 17.4 Å². The lowest BCUT2D eigenvalue weighted by molar-refractivity contribution is 0.730. The van der Waals surface area contributed by atoms with Crippen molar-refractivity contribution in [2.45, 2.75) is 19.4 Å². The van der Waals surface area contributed by atoms with Crippen LogP contribution in [0.1, 0.15) is 12.5 Å². The van der Waals surface area contributed by atoms with Gasteiger partial charge in [0.2, 0.25) is 0 Å². The highest BCUT2D eigenvalue weighted by Crippen LogP contribution is 2.36. The topological polar surface area (TPSA) is 53.9 Å². The summed E-state index contributed by atoms with van der Waals surface area (Å²) in [7, 11) is 0. The van der Waals surface area contributed by atoms with E-state index < -0.39 is 0 Å². The van der Waals surface area contributed by atoms with Crippen molar-refractivity contribution >= 4 is 23.1 Å². The van der Waals surface area contributed by atoms with Crippen LogP contribution in [0.4, 0.5) is 23.1 Å². The minimum Gasteiger partial charge on any atom is -0.339 e. The molecule has 23 heavy (non-hydrogen) atoms. The molecule has 5 nitrogen and oxygen atoms in total. The SMILES string of the molecule is CC1Cc2ccccc2N1c1nncc(Nc2ccccc2)n1. The number of aromatic nitrogens is 3. The highest BCUT2D eigenvalue weighted by molar-refractivity contribution is 5.67. The Bertz CT molecular complexity index is 818. The molecular weight excluding hydrogens is 286 g/mol. The van der Waals surface area contributed by atoms with E-state index in [1.165, 1.54) is 11.3 Å². The lowest BCUT2D eigenvalue weighted by Crippen LogP contribution is -2.26. The van der Waals surface area contributed by atoms with E-state index in [-0.39, 0.29) is 0 Å². The van der Waals surface area contributed by atoms with Crippen molar-refractivity contribution in [3.05, 3.63) is 66.4 Å². The summed E-state index contributed by atoms with van der Waals surface area (Å²) in [6.07, 6.45) is 2.64. The predicted molar refractivity (Wildman–Crippen MR) is 91.3 cm³/mol. The maximum absolute atomic E-state index is 4.64. The fraction of sp³-hybridized carbons (Fsp3) is 0.167. The summed E-state index contributed by atoms with van der Waals surface area (Å²) in [6.45, 7) is 2.18. The van der Waals surface area contributed by atoms with Gasteiger partial charge in [-0.15, -0.1) is 5.10 Å². The Labute approximate surface area is 135 Å². The van der Waals surface area contributed by atoms with Crippen LogP contribution >= 0.6 is 0 Å². The molecule has 0 spiro atoms. The second-order valence-electron chi connectivity index (χ2n) is 5.68. The van der Waals surface area contributed by atoms with E-state index in [2.05, 4.69) is 50.5 Å². The van der Waals surface area contributed by atoms with Crippen molar-refractivity contribution in [1.82, 2.24) is 15.2 Å². The number of fused-ring (bicyclic) bond motifs is 1. The molecule has 1 unspecified atom stereocenters. The maximum atomic E-state index is 4.64. The van der Waals surface area contributed by atoms with Gasteiger partial charge in [-0.25, -0.2) is 0 Å². The first kappa shape index (κ1) is 13.7. The first-order valence-corrected chi connectivity index (χ1v) is 7.70. The molecule has 0 amide bonds. The van der Waals surface area contributed by atoms with Crippen LogP contribution < -0.4 is 10.2 Å². The number of benzene rings is 2. The highest BCUT2D eigenvalue weighted by Gasteiger charge is 2.29.